The lowest BCUT2D eigenvalue weighted by Gasteiger charge is -2.25. The summed E-state index contributed by atoms with van der Waals surface area (Å²) in [5.41, 5.74) is -1.53. The number of anilines is 1. The molecule has 0 aliphatic heterocycles. The van der Waals surface area contributed by atoms with Crippen LogP contribution in [-0.4, -0.2) is 39.8 Å². The van der Waals surface area contributed by atoms with E-state index in [2.05, 4.69) is 10.6 Å². The van der Waals surface area contributed by atoms with Gasteiger partial charge in [0.25, 0.3) is 0 Å². The van der Waals surface area contributed by atoms with Gasteiger partial charge in [-0.15, -0.1) is 0 Å². The number of carbonyl (C=O) groups is 1. The van der Waals surface area contributed by atoms with Gasteiger partial charge in [0.15, 0.2) is 0 Å². The molecule has 0 atom stereocenters. The molecule has 0 bridgehead atoms. The van der Waals surface area contributed by atoms with Gasteiger partial charge in [0.05, 0.1) is 24.1 Å². The van der Waals surface area contributed by atoms with E-state index in [0.29, 0.717) is 4.31 Å². The molecule has 0 fully saturated rings. The molecule has 2 N–H and O–H groups in total. The van der Waals surface area contributed by atoms with Crippen LogP contribution in [0.4, 0.5) is 23.7 Å². The maximum absolute atomic E-state index is 13.1. The molecule has 1 aromatic rings. The third-order valence-electron chi connectivity index (χ3n) is 2.90. The van der Waals surface area contributed by atoms with Crippen LogP contribution in [0.3, 0.4) is 0 Å². The van der Waals surface area contributed by atoms with E-state index in [1.165, 1.54) is 12.1 Å². The Labute approximate surface area is 139 Å². The van der Waals surface area contributed by atoms with Crippen LogP contribution < -0.4 is 14.9 Å². The maximum Gasteiger partial charge on any atom is 0.418 e. The average molecular weight is 367 g/mol. The van der Waals surface area contributed by atoms with E-state index in [1.807, 2.05) is 0 Å². The van der Waals surface area contributed by atoms with Crippen LogP contribution in [0.15, 0.2) is 24.3 Å². The smallest absolute Gasteiger partial charge is 0.336 e. The molecular formula is C14H20F3N3O3S. The third-order valence-corrected chi connectivity index (χ3v) is 4.08. The van der Waals surface area contributed by atoms with E-state index < -0.39 is 33.5 Å². The van der Waals surface area contributed by atoms with Crippen molar-refractivity contribution in [3.05, 3.63) is 29.8 Å². The highest BCUT2D eigenvalue weighted by Crippen LogP contribution is 2.37. The molecule has 0 radical (unpaired) electrons. The van der Waals surface area contributed by atoms with E-state index in [9.17, 15) is 26.4 Å². The molecule has 1 aromatic carbocycles. The summed E-state index contributed by atoms with van der Waals surface area (Å²) in [6.07, 6.45) is -3.88. The van der Waals surface area contributed by atoms with Crippen LogP contribution in [0.25, 0.3) is 0 Å². The summed E-state index contributed by atoms with van der Waals surface area (Å²) in [5.74, 6) is 0. The zero-order valence-corrected chi connectivity index (χ0v) is 14.3. The molecule has 6 nitrogen and oxygen atoms in total. The Kier molecular flexibility index (Phi) is 6.47. The summed E-state index contributed by atoms with van der Waals surface area (Å²) in [6, 6.07) is 3.75. The number of hydrogen-bond acceptors (Lipinski definition) is 3. The van der Waals surface area contributed by atoms with Crippen LogP contribution in [-0.2, 0) is 16.2 Å². The van der Waals surface area contributed by atoms with Gasteiger partial charge >= 0.3 is 12.2 Å². The number of rotatable bonds is 6. The number of benzene rings is 1. The van der Waals surface area contributed by atoms with Crippen molar-refractivity contribution in [1.29, 1.82) is 0 Å². The summed E-state index contributed by atoms with van der Waals surface area (Å²) in [5, 5.41) is 4.94. The van der Waals surface area contributed by atoms with Crippen molar-refractivity contribution in [1.82, 2.24) is 10.6 Å². The van der Waals surface area contributed by atoms with Gasteiger partial charge in [0.2, 0.25) is 10.0 Å². The zero-order valence-electron chi connectivity index (χ0n) is 13.5. The molecule has 0 spiro atoms. The summed E-state index contributed by atoms with van der Waals surface area (Å²) in [7, 11) is -3.96. The lowest BCUT2D eigenvalue weighted by Crippen LogP contribution is -2.44. The number of carbonyl (C=O) groups excluding carboxylic acids is 1. The predicted molar refractivity (Wildman–Crippen MR) is 85.3 cm³/mol. The number of nitrogens with zero attached hydrogens (tertiary/aromatic N) is 1. The predicted octanol–water partition coefficient (Wildman–Crippen LogP) is 2.18. The Morgan fingerprint density at radius 3 is 2.33 bits per heavy atom. The van der Waals surface area contributed by atoms with Crippen LogP contribution in [0, 0.1) is 0 Å². The van der Waals surface area contributed by atoms with E-state index >= 15 is 0 Å². The molecule has 0 saturated carbocycles. The highest BCUT2D eigenvalue weighted by atomic mass is 32.2. The molecule has 0 aliphatic carbocycles. The number of urea groups is 1. The number of hydrogen-bond donors (Lipinski definition) is 2. The minimum Gasteiger partial charge on any atom is -0.336 e. The topological polar surface area (TPSA) is 78.5 Å². The largest absolute Gasteiger partial charge is 0.418 e. The van der Waals surface area contributed by atoms with E-state index in [4.69, 9.17) is 0 Å². The van der Waals surface area contributed by atoms with Crippen molar-refractivity contribution in [2.24, 2.45) is 0 Å². The van der Waals surface area contributed by atoms with Crippen molar-refractivity contribution >= 4 is 21.7 Å². The van der Waals surface area contributed by atoms with Crippen LogP contribution in [0.5, 0.6) is 0 Å². The molecule has 0 unspecified atom stereocenters. The second-order valence-electron chi connectivity index (χ2n) is 5.40. The average Bonchev–Trinajstić information content (AvgIpc) is 2.40. The Morgan fingerprint density at radius 1 is 1.25 bits per heavy atom. The van der Waals surface area contributed by atoms with E-state index in [-0.39, 0.29) is 19.1 Å². The SMILES string of the molecule is CC(C)NC(=O)NCCN(c1ccccc1C(F)(F)F)S(C)(=O)=O. The van der Waals surface area contributed by atoms with Gasteiger partial charge in [-0.2, -0.15) is 13.2 Å². The standard InChI is InChI=1S/C14H20F3N3O3S/c1-10(2)19-13(21)18-8-9-20(24(3,22)23)12-7-5-4-6-11(12)14(15,16)17/h4-7,10H,8-9H2,1-3H3,(H2,18,19,21). The van der Waals surface area contributed by atoms with Crippen molar-refractivity contribution in [2.45, 2.75) is 26.1 Å². The summed E-state index contributed by atoms with van der Waals surface area (Å²) >= 11 is 0. The number of amides is 2. The van der Waals surface area contributed by atoms with Gasteiger partial charge in [-0.25, -0.2) is 13.2 Å². The number of nitrogens with one attached hydrogen (secondary N) is 2. The second-order valence-corrected chi connectivity index (χ2v) is 7.31. The van der Waals surface area contributed by atoms with Gasteiger partial charge in [-0.3, -0.25) is 4.31 Å². The highest BCUT2D eigenvalue weighted by molar-refractivity contribution is 7.92. The lowest BCUT2D eigenvalue weighted by atomic mass is 10.1. The monoisotopic (exact) mass is 367 g/mol. The second kappa shape index (κ2) is 7.73. The van der Waals surface area contributed by atoms with E-state index in [1.54, 1.807) is 13.8 Å². The quantitative estimate of drug-likeness (QED) is 0.809. The van der Waals surface area contributed by atoms with Gasteiger partial charge in [-0.05, 0) is 26.0 Å². The number of alkyl halides is 3. The minimum absolute atomic E-state index is 0.123. The van der Waals surface area contributed by atoms with Gasteiger partial charge < -0.3 is 10.6 Å². The first kappa shape index (κ1) is 20.1. The Hall–Kier alpha value is -1.97. The first-order valence-corrected chi connectivity index (χ1v) is 8.96. The van der Waals surface area contributed by atoms with Crippen molar-refractivity contribution in [3.8, 4) is 0 Å². The first-order valence-electron chi connectivity index (χ1n) is 7.11. The molecule has 0 heterocycles. The van der Waals surface area contributed by atoms with Crippen LogP contribution in [0.2, 0.25) is 0 Å². The molecule has 10 heteroatoms. The van der Waals surface area contributed by atoms with Crippen molar-refractivity contribution in [2.75, 3.05) is 23.7 Å². The maximum atomic E-state index is 13.1. The summed E-state index contributed by atoms with van der Waals surface area (Å²) in [4.78, 5) is 11.5. The fourth-order valence-electron chi connectivity index (χ4n) is 1.98. The minimum atomic E-state index is -4.69. The fraction of sp³-hybridized carbons (Fsp3) is 0.500. The molecule has 24 heavy (non-hydrogen) atoms. The van der Waals surface area contributed by atoms with Gasteiger partial charge in [0.1, 0.15) is 0 Å². The number of para-hydroxylation sites is 1. The molecule has 1 rings (SSSR count). The van der Waals surface area contributed by atoms with Gasteiger partial charge in [0, 0.05) is 12.6 Å². The molecule has 2 amide bonds. The number of sulfonamides is 1. The van der Waals surface area contributed by atoms with Crippen molar-refractivity contribution in [3.63, 3.8) is 0 Å². The van der Waals surface area contributed by atoms with Crippen molar-refractivity contribution < 1.29 is 26.4 Å². The normalized spacial score (nSPS) is 12.1. The van der Waals surface area contributed by atoms with E-state index in [0.717, 1.165) is 18.4 Å². The van der Waals surface area contributed by atoms with Crippen LogP contribution >= 0.6 is 0 Å². The highest BCUT2D eigenvalue weighted by Gasteiger charge is 2.36. The Bertz CT molecular complexity index is 675. The molecule has 136 valence electrons. The molecule has 0 saturated heterocycles. The Morgan fingerprint density at radius 2 is 1.83 bits per heavy atom. The fourth-order valence-corrected chi connectivity index (χ4v) is 2.92. The summed E-state index contributed by atoms with van der Waals surface area (Å²) < 4.78 is 63.7. The van der Waals surface area contributed by atoms with Gasteiger partial charge in [-0.1, -0.05) is 12.1 Å². The first-order chi connectivity index (χ1) is 10.9. The zero-order chi connectivity index (χ0) is 18.5. The third kappa shape index (κ3) is 5.91. The molecule has 0 aliphatic rings. The van der Waals surface area contributed by atoms with Crippen LogP contribution in [0.1, 0.15) is 19.4 Å². The molecule has 0 aromatic heterocycles. The lowest BCUT2D eigenvalue weighted by molar-refractivity contribution is -0.137. The summed E-state index contributed by atoms with van der Waals surface area (Å²) in [6.45, 7) is 3.01. The molecular weight excluding hydrogens is 347 g/mol. The Balaban J connectivity index is 2.99. The number of halogens is 3.